The first-order chi connectivity index (χ1) is 16.4. The van der Waals surface area contributed by atoms with E-state index in [-0.39, 0.29) is 23.8 Å². The topological polar surface area (TPSA) is 95.8 Å². The van der Waals surface area contributed by atoms with Gasteiger partial charge in [-0.25, -0.2) is 4.98 Å². The van der Waals surface area contributed by atoms with E-state index >= 15 is 0 Å². The molecule has 2 N–H and O–H groups in total. The Morgan fingerprint density at radius 1 is 1.15 bits per heavy atom. The minimum atomic E-state index is -0.130. The molecule has 8 heteroatoms. The maximum Gasteiger partial charge on any atom is 0.274 e. The second-order valence-corrected chi connectivity index (χ2v) is 8.12. The fraction of sp³-hybridized carbons (Fsp3) is 0.462. The van der Waals surface area contributed by atoms with Crippen LogP contribution in [0.2, 0.25) is 0 Å². The van der Waals surface area contributed by atoms with Gasteiger partial charge >= 0.3 is 0 Å². The van der Waals surface area contributed by atoms with Crippen molar-refractivity contribution in [2.24, 2.45) is 0 Å². The summed E-state index contributed by atoms with van der Waals surface area (Å²) in [7, 11) is 0. The number of fused-ring (bicyclic) bond motifs is 1. The van der Waals surface area contributed by atoms with E-state index in [9.17, 15) is 14.4 Å². The number of carbonyl (C=O) groups excluding carboxylic acids is 3. The van der Waals surface area contributed by atoms with E-state index in [1.54, 1.807) is 46.7 Å². The molecular weight excluding hydrogens is 430 g/mol. The summed E-state index contributed by atoms with van der Waals surface area (Å²) in [5, 5.41) is 5.85. The summed E-state index contributed by atoms with van der Waals surface area (Å²) < 4.78 is 1.72. The Morgan fingerprint density at radius 2 is 1.88 bits per heavy atom. The van der Waals surface area contributed by atoms with Crippen molar-refractivity contribution in [3.05, 3.63) is 54.9 Å². The van der Waals surface area contributed by atoms with Crippen LogP contribution < -0.4 is 10.6 Å². The fourth-order valence-corrected chi connectivity index (χ4v) is 3.60. The third kappa shape index (κ3) is 7.86. The molecule has 0 aliphatic carbocycles. The molecule has 1 saturated heterocycles. The maximum absolute atomic E-state index is 12.9. The van der Waals surface area contributed by atoms with E-state index in [4.69, 9.17) is 0 Å². The molecule has 0 aromatic carbocycles. The van der Waals surface area contributed by atoms with E-state index in [0.717, 1.165) is 25.7 Å². The van der Waals surface area contributed by atoms with Crippen LogP contribution in [0.15, 0.2) is 49.2 Å². The van der Waals surface area contributed by atoms with E-state index in [1.807, 2.05) is 13.0 Å². The van der Waals surface area contributed by atoms with Gasteiger partial charge in [-0.05, 0) is 37.8 Å². The van der Waals surface area contributed by atoms with Crippen LogP contribution in [0.4, 0.5) is 5.82 Å². The molecule has 0 bridgehead atoms. The van der Waals surface area contributed by atoms with Crippen molar-refractivity contribution in [2.75, 3.05) is 18.4 Å². The van der Waals surface area contributed by atoms with Gasteiger partial charge in [-0.15, -0.1) is 0 Å². The summed E-state index contributed by atoms with van der Waals surface area (Å²) >= 11 is 0. The molecule has 2 aromatic rings. The molecule has 184 valence electrons. The van der Waals surface area contributed by atoms with Crippen LogP contribution in [0.1, 0.15) is 69.8 Å². The molecule has 0 unspecified atom stereocenters. The highest BCUT2D eigenvalue weighted by Crippen LogP contribution is 2.17. The number of anilines is 1. The third-order valence-corrected chi connectivity index (χ3v) is 5.43. The van der Waals surface area contributed by atoms with Crippen molar-refractivity contribution < 1.29 is 14.4 Å². The predicted octanol–water partition coefficient (Wildman–Crippen LogP) is 4.34. The number of pyridine rings is 1. The molecule has 1 aliphatic rings. The van der Waals surface area contributed by atoms with E-state index in [1.165, 1.54) is 0 Å². The average molecular weight is 468 g/mol. The highest BCUT2D eigenvalue weighted by molar-refractivity contribution is 5.94. The molecule has 3 heterocycles. The Balaban J connectivity index is 0.000000604. The van der Waals surface area contributed by atoms with Crippen LogP contribution in [0.5, 0.6) is 0 Å². The Hall–Kier alpha value is -3.42. The lowest BCUT2D eigenvalue weighted by atomic mass is 10.0. The highest BCUT2D eigenvalue weighted by atomic mass is 16.2. The van der Waals surface area contributed by atoms with Crippen molar-refractivity contribution >= 4 is 29.2 Å². The van der Waals surface area contributed by atoms with Crippen molar-refractivity contribution in [3.8, 4) is 0 Å². The second-order valence-electron chi connectivity index (χ2n) is 8.12. The first kappa shape index (κ1) is 26.8. The van der Waals surface area contributed by atoms with Gasteiger partial charge in [0.25, 0.3) is 5.91 Å². The van der Waals surface area contributed by atoms with Crippen LogP contribution >= 0.6 is 0 Å². The van der Waals surface area contributed by atoms with Gasteiger partial charge in [0, 0.05) is 38.2 Å². The number of amides is 3. The number of rotatable bonds is 8. The van der Waals surface area contributed by atoms with Crippen LogP contribution in [0.25, 0.3) is 5.65 Å². The summed E-state index contributed by atoms with van der Waals surface area (Å²) in [6.45, 7) is 10.5. The number of imidazole rings is 1. The predicted molar refractivity (Wildman–Crippen MR) is 136 cm³/mol. The molecule has 34 heavy (non-hydrogen) atoms. The van der Waals surface area contributed by atoms with Crippen LogP contribution in [-0.4, -0.2) is 51.1 Å². The zero-order valence-corrected chi connectivity index (χ0v) is 20.5. The largest absolute Gasteiger partial charge is 0.353 e. The number of hydrogen-bond acceptors (Lipinski definition) is 4. The van der Waals surface area contributed by atoms with Gasteiger partial charge in [0.05, 0.1) is 0 Å². The van der Waals surface area contributed by atoms with Gasteiger partial charge in [-0.1, -0.05) is 51.6 Å². The van der Waals surface area contributed by atoms with Gasteiger partial charge in [-0.2, -0.15) is 0 Å². The molecule has 1 aliphatic heterocycles. The quantitative estimate of drug-likeness (QED) is 0.565. The lowest BCUT2D eigenvalue weighted by Crippen LogP contribution is -2.46. The Labute approximate surface area is 202 Å². The summed E-state index contributed by atoms with van der Waals surface area (Å²) in [5.74, 6) is 0.443. The molecule has 2 aromatic heterocycles. The monoisotopic (exact) mass is 467 g/mol. The normalized spacial score (nSPS) is 13.9. The maximum atomic E-state index is 12.9. The Bertz CT molecular complexity index is 1000. The van der Waals surface area contributed by atoms with Crippen molar-refractivity contribution in [1.29, 1.82) is 0 Å². The number of piperidine rings is 1. The van der Waals surface area contributed by atoms with E-state index in [0.29, 0.717) is 43.1 Å². The summed E-state index contributed by atoms with van der Waals surface area (Å²) in [6, 6.07) is 5.50. The molecule has 0 spiro atoms. The first-order valence-corrected chi connectivity index (χ1v) is 12.1. The van der Waals surface area contributed by atoms with E-state index < -0.39 is 0 Å². The molecular formula is C26H37N5O3. The SMILES string of the molecule is C=C/C=C\CC.CCCC(=O)NC1CCN(C(=O)c2cn3c(NC(=O)CC)cccc3n2)CC1. The van der Waals surface area contributed by atoms with E-state index in [2.05, 4.69) is 35.2 Å². The number of hydrogen-bond donors (Lipinski definition) is 2. The van der Waals surface area contributed by atoms with Gasteiger partial charge in [0.2, 0.25) is 11.8 Å². The molecule has 3 amide bonds. The molecule has 0 radical (unpaired) electrons. The first-order valence-electron chi connectivity index (χ1n) is 12.1. The molecule has 0 saturated carbocycles. The van der Waals surface area contributed by atoms with Gasteiger partial charge in [-0.3, -0.25) is 18.8 Å². The average Bonchev–Trinajstić information content (AvgIpc) is 3.28. The van der Waals surface area contributed by atoms with Gasteiger partial charge in [0.15, 0.2) is 0 Å². The lowest BCUT2D eigenvalue weighted by Gasteiger charge is -2.32. The number of nitrogens with one attached hydrogen (secondary N) is 2. The number of nitrogens with zero attached hydrogens (tertiary/aromatic N) is 3. The summed E-state index contributed by atoms with van der Waals surface area (Å²) in [6.07, 6.45) is 11.8. The number of carbonyl (C=O) groups is 3. The lowest BCUT2D eigenvalue weighted by molar-refractivity contribution is -0.122. The van der Waals surface area contributed by atoms with Gasteiger partial charge in [0.1, 0.15) is 17.2 Å². The molecule has 0 atom stereocenters. The fourth-order valence-electron chi connectivity index (χ4n) is 3.60. The zero-order valence-electron chi connectivity index (χ0n) is 20.5. The molecule has 1 fully saturated rings. The highest BCUT2D eigenvalue weighted by Gasteiger charge is 2.26. The van der Waals surface area contributed by atoms with Crippen molar-refractivity contribution in [2.45, 2.75) is 65.3 Å². The van der Waals surface area contributed by atoms with Crippen LogP contribution in [0, 0.1) is 0 Å². The molecule has 8 nitrogen and oxygen atoms in total. The Morgan fingerprint density at radius 3 is 2.47 bits per heavy atom. The third-order valence-electron chi connectivity index (χ3n) is 5.43. The van der Waals surface area contributed by atoms with Crippen LogP contribution in [-0.2, 0) is 9.59 Å². The number of likely N-dealkylation sites (tertiary alicyclic amines) is 1. The smallest absolute Gasteiger partial charge is 0.274 e. The molecule has 3 rings (SSSR count). The summed E-state index contributed by atoms with van der Waals surface area (Å²) in [4.78, 5) is 42.5. The number of aromatic nitrogens is 2. The second kappa shape index (κ2) is 14.0. The minimum absolute atomic E-state index is 0.0780. The standard InChI is InChI=1S/C20H27N5O3.C6H10/c1-3-6-19(27)21-14-9-11-24(12-10-14)20(28)15-13-25-16(22-15)7-5-8-17(25)23-18(26)4-2;1-3-5-6-4-2/h5,7-8,13-14H,3-4,6,9-12H2,1-2H3,(H,21,27)(H,23,26);3,5-6H,1,4H2,2H3/b;6-5-. The number of allylic oxidation sites excluding steroid dienone is 3. The summed E-state index contributed by atoms with van der Waals surface area (Å²) in [5.41, 5.74) is 0.964. The zero-order chi connectivity index (χ0) is 24.9. The minimum Gasteiger partial charge on any atom is -0.353 e. The van der Waals surface area contributed by atoms with Gasteiger partial charge < -0.3 is 15.5 Å². The Kier molecular flexibility index (Phi) is 11.0. The van der Waals surface area contributed by atoms with Crippen LogP contribution in [0.3, 0.4) is 0 Å². The van der Waals surface area contributed by atoms with Crippen molar-refractivity contribution in [1.82, 2.24) is 19.6 Å². The van der Waals surface area contributed by atoms with Crippen molar-refractivity contribution in [3.63, 3.8) is 0 Å².